The van der Waals surface area contributed by atoms with Crippen LogP contribution in [0.1, 0.15) is 23.0 Å². The third-order valence-electron chi connectivity index (χ3n) is 3.59. The number of primary amides is 1. The largest absolute Gasteiger partial charge is 0.494 e. The second kappa shape index (κ2) is 7.83. The number of thiazole rings is 1. The molecule has 0 aliphatic carbocycles. The summed E-state index contributed by atoms with van der Waals surface area (Å²) in [6.45, 7) is 2.53. The summed E-state index contributed by atoms with van der Waals surface area (Å²) >= 11 is 1.32. The molecule has 26 heavy (non-hydrogen) atoms. The van der Waals surface area contributed by atoms with Gasteiger partial charge in [-0.3, -0.25) is 9.59 Å². The van der Waals surface area contributed by atoms with Crippen LogP contribution in [0.25, 0.3) is 11.3 Å². The van der Waals surface area contributed by atoms with Gasteiger partial charge in [-0.25, -0.2) is 4.98 Å². The molecule has 0 atom stereocenters. The van der Waals surface area contributed by atoms with Crippen LogP contribution in [0.2, 0.25) is 0 Å². The average molecular weight is 370 g/mol. The number of benzene rings is 1. The van der Waals surface area contributed by atoms with Crippen LogP contribution in [-0.2, 0) is 11.2 Å². The third kappa shape index (κ3) is 4.28. The van der Waals surface area contributed by atoms with Gasteiger partial charge in [-0.15, -0.1) is 11.3 Å². The van der Waals surface area contributed by atoms with Crippen LogP contribution in [0.4, 0.5) is 5.13 Å². The van der Waals surface area contributed by atoms with E-state index in [1.54, 1.807) is 17.6 Å². The van der Waals surface area contributed by atoms with E-state index in [1.165, 1.54) is 11.3 Å². The summed E-state index contributed by atoms with van der Waals surface area (Å²) in [4.78, 5) is 30.5. The second-order valence-electron chi connectivity index (χ2n) is 5.51. The minimum Gasteiger partial charge on any atom is -0.494 e. The molecule has 0 unspecified atom stereocenters. The van der Waals surface area contributed by atoms with Gasteiger partial charge in [-0.2, -0.15) is 0 Å². The maximum atomic E-state index is 12.2. The van der Waals surface area contributed by atoms with Gasteiger partial charge in [-0.05, 0) is 30.7 Å². The molecular formula is C18H18N4O3S. The molecule has 1 aromatic carbocycles. The van der Waals surface area contributed by atoms with Gasteiger partial charge in [0.1, 0.15) is 11.4 Å². The predicted molar refractivity (Wildman–Crippen MR) is 100 cm³/mol. The number of nitrogens with one attached hydrogen (secondary N) is 2. The number of carbonyl (C=O) groups is 2. The quantitative estimate of drug-likeness (QED) is 0.594. The van der Waals surface area contributed by atoms with Crippen molar-refractivity contribution in [3.05, 3.63) is 53.2 Å². The van der Waals surface area contributed by atoms with Crippen LogP contribution in [0.15, 0.2) is 41.9 Å². The van der Waals surface area contributed by atoms with Gasteiger partial charge in [-0.1, -0.05) is 12.1 Å². The van der Waals surface area contributed by atoms with Gasteiger partial charge in [0.2, 0.25) is 5.91 Å². The fraction of sp³-hybridized carbons (Fsp3) is 0.167. The van der Waals surface area contributed by atoms with Crippen molar-refractivity contribution < 1.29 is 14.3 Å². The lowest BCUT2D eigenvalue weighted by atomic mass is 10.1. The first-order valence-electron chi connectivity index (χ1n) is 8.01. The standard InChI is InChI=1S/C18H18N4O3S/c1-2-25-13-5-3-11(4-6-13)7-16(23)22-18-21-15(10-26-18)12-8-14(17(19)24)20-9-12/h3-6,8-10,20H,2,7H2,1H3,(H2,19,24)(H,21,22,23). The Hall–Kier alpha value is -3.13. The summed E-state index contributed by atoms with van der Waals surface area (Å²) < 4.78 is 5.38. The minimum atomic E-state index is -0.532. The molecular weight excluding hydrogens is 352 g/mol. The first-order valence-corrected chi connectivity index (χ1v) is 8.89. The summed E-state index contributed by atoms with van der Waals surface area (Å²) in [6, 6.07) is 9.04. The summed E-state index contributed by atoms with van der Waals surface area (Å²) in [7, 11) is 0. The van der Waals surface area contributed by atoms with Crippen molar-refractivity contribution >= 4 is 28.3 Å². The molecule has 0 aliphatic rings. The van der Waals surface area contributed by atoms with Crippen LogP contribution in [0.5, 0.6) is 5.75 Å². The number of hydrogen-bond donors (Lipinski definition) is 3. The van der Waals surface area contributed by atoms with Crippen molar-refractivity contribution in [2.24, 2.45) is 5.73 Å². The zero-order valence-electron chi connectivity index (χ0n) is 14.1. The molecule has 0 saturated heterocycles. The van der Waals surface area contributed by atoms with Crippen molar-refractivity contribution in [3.63, 3.8) is 0 Å². The Kier molecular flexibility index (Phi) is 5.33. The van der Waals surface area contributed by atoms with Gasteiger partial charge in [0.05, 0.1) is 18.7 Å². The highest BCUT2D eigenvalue weighted by Crippen LogP contribution is 2.25. The molecule has 7 nitrogen and oxygen atoms in total. The number of rotatable bonds is 7. The van der Waals surface area contributed by atoms with E-state index < -0.39 is 5.91 Å². The molecule has 2 heterocycles. The Morgan fingerprint density at radius 3 is 2.73 bits per heavy atom. The maximum Gasteiger partial charge on any atom is 0.265 e. The highest BCUT2D eigenvalue weighted by molar-refractivity contribution is 7.14. The SMILES string of the molecule is CCOc1ccc(CC(=O)Nc2nc(-c3c[nH]c(C(N)=O)c3)cs2)cc1. The fourth-order valence-electron chi connectivity index (χ4n) is 2.37. The molecule has 0 radical (unpaired) electrons. The van der Waals surface area contributed by atoms with Crippen LogP contribution in [0, 0.1) is 0 Å². The van der Waals surface area contributed by atoms with E-state index in [-0.39, 0.29) is 12.3 Å². The number of nitrogens with two attached hydrogens (primary N) is 1. The Bertz CT molecular complexity index is 915. The Morgan fingerprint density at radius 1 is 1.31 bits per heavy atom. The third-order valence-corrected chi connectivity index (χ3v) is 4.35. The zero-order chi connectivity index (χ0) is 18.5. The summed E-state index contributed by atoms with van der Waals surface area (Å²) in [5.41, 5.74) is 7.83. The molecule has 2 amide bonds. The van der Waals surface area contributed by atoms with E-state index in [4.69, 9.17) is 10.5 Å². The fourth-order valence-corrected chi connectivity index (χ4v) is 3.10. The lowest BCUT2D eigenvalue weighted by molar-refractivity contribution is -0.115. The Labute approximate surface area is 154 Å². The zero-order valence-corrected chi connectivity index (χ0v) is 14.9. The number of anilines is 1. The monoisotopic (exact) mass is 370 g/mol. The summed E-state index contributed by atoms with van der Waals surface area (Å²) in [5.74, 6) is 0.0976. The highest BCUT2D eigenvalue weighted by atomic mass is 32.1. The van der Waals surface area contributed by atoms with E-state index in [9.17, 15) is 9.59 Å². The minimum absolute atomic E-state index is 0.151. The topological polar surface area (TPSA) is 110 Å². The van der Waals surface area contributed by atoms with Crippen molar-refractivity contribution in [2.75, 3.05) is 11.9 Å². The molecule has 0 saturated carbocycles. The smallest absolute Gasteiger partial charge is 0.265 e. The molecule has 0 bridgehead atoms. The van der Waals surface area contributed by atoms with E-state index in [0.29, 0.717) is 23.1 Å². The summed E-state index contributed by atoms with van der Waals surface area (Å²) in [5, 5.41) is 5.09. The van der Waals surface area contributed by atoms with Crippen LogP contribution in [0.3, 0.4) is 0 Å². The number of H-pyrrole nitrogens is 1. The van der Waals surface area contributed by atoms with E-state index in [2.05, 4.69) is 15.3 Å². The highest BCUT2D eigenvalue weighted by Gasteiger charge is 2.11. The molecule has 0 fully saturated rings. The van der Waals surface area contributed by atoms with Crippen molar-refractivity contribution in [3.8, 4) is 17.0 Å². The Balaban J connectivity index is 1.61. The number of aromatic amines is 1. The summed E-state index contributed by atoms with van der Waals surface area (Å²) in [6.07, 6.45) is 1.90. The van der Waals surface area contributed by atoms with Crippen LogP contribution < -0.4 is 15.8 Å². The number of hydrogen-bond acceptors (Lipinski definition) is 5. The first kappa shape index (κ1) is 17.7. The van der Waals surface area contributed by atoms with E-state index in [1.807, 2.05) is 31.2 Å². The number of ether oxygens (including phenoxy) is 1. The molecule has 3 rings (SSSR count). The molecule has 0 aliphatic heterocycles. The van der Waals surface area contributed by atoms with E-state index >= 15 is 0 Å². The average Bonchev–Trinajstić information content (AvgIpc) is 3.26. The number of amides is 2. The maximum absolute atomic E-state index is 12.2. The van der Waals surface area contributed by atoms with Gasteiger partial charge >= 0.3 is 0 Å². The second-order valence-corrected chi connectivity index (χ2v) is 6.36. The molecule has 134 valence electrons. The van der Waals surface area contributed by atoms with E-state index in [0.717, 1.165) is 16.9 Å². The number of nitrogens with zero attached hydrogens (tertiary/aromatic N) is 1. The Morgan fingerprint density at radius 2 is 2.08 bits per heavy atom. The first-order chi connectivity index (χ1) is 12.5. The normalized spacial score (nSPS) is 10.5. The molecule has 0 spiro atoms. The molecule has 2 aromatic heterocycles. The molecule has 3 aromatic rings. The lowest BCUT2D eigenvalue weighted by Crippen LogP contribution is -2.14. The van der Waals surface area contributed by atoms with Crippen molar-refractivity contribution in [1.82, 2.24) is 9.97 Å². The van der Waals surface area contributed by atoms with Crippen molar-refractivity contribution in [1.29, 1.82) is 0 Å². The molecule has 4 N–H and O–H groups in total. The van der Waals surface area contributed by atoms with Gasteiger partial charge in [0.15, 0.2) is 5.13 Å². The van der Waals surface area contributed by atoms with Crippen LogP contribution >= 0.6 is 11.3 Å². The van der Waals surface area contributed by atoms with Gasteiger partial charge < -0.3 is 20.8 Å². The number of carbonyl (C=O) groups excluding carboxylic acids is 2. The number of aromatic nitrogens is 2. The lowest BCUT2D eigenvalue weighted by Gasteiger charge is -2.05. The van der Waals surface area contributed by atoms with Crippen molar-refractivity contribution in [2.45, 2.75) is 13.3 Å². The van der Waals surface area contributed by atoms with Gasteiger partial charge in [0, 0.05) is 17.1 Å². The van der Waals surface area contributed by atoms with Crippen LogP contribution in [-0.4, -0.2) is 28.4 Å². The van der Waals surface area contributed by atoms with Gasteiger partial charge in [0.25, 0.3) is 5.91 Å². The molecule has 8 heteroatoms. The predicted octanol–water partition coefficient (Wildman–Crippen LogP) is 2.82.